The lowest BCUT2D eigenvalue weighted by molar-refractivity contribution is 0.575. The molecule has 116 valence electrons. The van der Waals surface area contributed by atoms with Gasteiger partial charge >= 0.3 is 0 Å². The predicted octanol–water partition coefficient (Wildman–Crippen LogP) is 3.25. The summed E-state index contributed by atoms with van der Waals surface area (Å²) in [5, 5.41) is 3.48. The Labute approximate surface area is 128 Å². The largest absolute Gasteiger partial charge is 0.365 e. The van der Waals surface area contributed by atoms with Gasteiger partial charge in [0.15, 0.2) is 0 Å². The van der Waals surface area contributed by atoms with E-state index in [0.717, 1.165) is 37.6 Å². The van der Waals surface area contributed by atoms with Gasteiger partial charge in [0.25, 0.3) is 0 Å². The molecule has 1 aliphatic rings. The van der Waals surface area contributed by atoms with E-state index < -0.39 is 0 Å². The van der Waals surface area contributed by atoms with Crippen molar-refractivity contribution in [2.45, 2.75) is 59.5 Å². The molecule has 0 fully saturated rings. The third-order valence-corrected chi connectivity index (χ3v) is 3.84. The minimum atomic E-state index is 0.361. The molecule has 0 bridgehead atoms. The first kappa shape index (κ1) is 16.0. The Bertz CT molecular complexity index is 506. The maximum absolute atomic E-state index is 4.80. The standard InChI is InChI=1S/C17H28N4/c1-12(2)17-19-11-16(15(20-17)10-18-13(3)4)21-8-6-14(5)7-9-21/h6,11-13,18H,7-10H2,1-5H3. The molecule has 1 N–H and O–H groups in total. The molecule has 2 heterocycles. The van der Waals surface area contributed by atoms with Crippen molar-refractivity contribution in [3.63, 3.8) is 0 Å². The van der Waals surface area contributed by atoms with Crippen LogP contribution >= 0.6 is 0 Å². The van der Waals surface area contributed by atoms with Crippen molar-refractivity contribution in [2.75, 3.05) is 18.0 Å². The Kier molecular flexibility index (Phi) is 5.34. The van der Waals surface area contributed by atoms with Crippen LogP contribution in [0.3, 0.4) is 0 Å². The van der Waals surface area contributed by atoms with E-state index in [9.17, 15) is 0 Å². The monoisotopic (exact) mass is 288 g/mol. The molecule has 4 heteroatoms. The predicted molar refractivity (Wildman–Crippen MR) is 88.7 cm³/mol. The lowest BCUT2D eigenvalue weighted by Gasteiger charge is -2.29. The SMILES string of the molecule is CC1=CCN(c2cnc(C(C)C)nc2CNC(C)C)CC1. The molecule has 0 atom stereocenters. The van der Waals surface area contributed by atoms with Crippen molar-refractivity contribution < 1.29 is 0 Å². The third kappa shape index (κ3) is 4.27. The molecule has 4 nitrogen and oxygen atoms in total. The smallest absolute Gasteiger partial charge is 0.131 e. The Hall–Kier alpha value is -1.42. The van der Waals surface area contributed by atoms with Gasteiger partial charge in [-0.15, -0.1) is 0 Å². The second-order valence-electron chi connectivity index (χ2n) is 6.50. The molecule has 0 amide bonds. The summed E-state index contributed by atoms with van der Waals surface area (Å²) in [4.78, 5) is 11.7. The van der Waals surface area contributed by atoms with E-state index >= 15 is 0 Å². The first-order valence-corrected chi connectivity index (χ1v) is 7.97. The maximum Gasteiger partial charge on any atom is 0.131 e. The van der Waals surface area contributed by atoms with Gasteiger partial charge in [0.2, 0.25) is 0 Å². The molecule has 0 aromatic carbocycles. The van der Waals surface area contributed by atoms with Crippen LogP contribution in [0, 0.1) is 0 Å². The molecular formula is C17H28N4. The van der Waals surface area contributed by atoms with E-state index in [1.807, 2.05) is 6.20 Å². The number of aromatic nitrogens is 2. The minimum absolute atomic E-state index is 0.361. The van der Waals surface area contributed by atoms with Gasteiger partial charge in [0.05, 0.1) is 17.6 Å². The molecule has 2 rings (SSSR count). The summed E-state index contributed by atoms with van der Waals surface area (Å²) in [6.07, 6.45) is 5.44. The first-order valence-electron chi connectivity index (χ1n) is 7.97. The summed E-state index contributed by atoms with van der Waals surface area (Å²) in [6, 6.07) is 0.457. The van der Waals surface area contributed by atoms with E-state index in [4.69, 9.17) is 4.98 Å². The summed E-state index contributed by atoms with van der Waals surface area (Å²) < 4.78 is 0. The fraction of sp³-hybridized carbons (Fsp3) is 0.647. The highest BCUT2D eigenvalue weighted by Gasteiger charge is 2.17. The van der Waals surface area contributed by atoms with Crippen LogP contribution in [0.15, 0.2) is 17.8 Å². The second-order valence-corrected chi connectivity index (χ2v) is 6.50. The molecule has 0 saturated carbocycles. The van der Waals surface area contributed by atoms with Gasteiger partial charge < -0.3 is 10.2 Å². The van der Waals surface area contributed by atoms with Crippen molar-refractivity contribution in [3.8, 4) is 0 Å². The Balaban J connectivity index is 2.26. The zero-order valence-corrected chi connectivity index (χ0v) is 14.0. The lowest BCUT2D eigenvalue weighted by atomic mass is 10.1. The zero-order chi connectivity index (χ0) is 15.4. The van der Waals surface area contributed by atoms with Crippen molar-refractivity contribution in [3.05, 3.63) is 29.4 Å². The number of hydrogen-bond donors (Lipinski definition) is 1. The number of nitrogens with one attached hydrogen (secondary N) is 1. The van der Waals surface area contributed by atoms with Crippen LogP contribution in [0.1, 0.15) is 58.5 Å². The molecule has 0 spiro atoms. The van der Waals surface area contributed by atoms with Gasteiger partial charge in [0.1, 0.15) is 5.82 Å². The van der Waals surface area contributed by atoms with Crippen LogP contribution in [0.4, 0.5) is 5.69 Å². The normalized spacial score (nSPS) is 15.8. The molecule has 0 unspecified atom stereocenters. The minimum Gasteiger partial charge on any atom is -0.365 e. The van der Waals surface area contributed by atoms with Crippen LogP contribution in [0.25, 0.3) is 0 Å². The van der Waals surface area contributed by atoms with Crippen molar-refractivity contribution in [1.29, 1.82) is 0 Å². The summed E-state index contributed by atoms with van der Waals surface area (Å²) in [6.45, 7) is 13.6. The first-order chi connectivity index (χ1) is 9.97. The maximum atomic E-state index is 4.80. The molecule has 1 aromatic rings. The Morgan fingerprint density at radius 3 is 2.62 bits per heavy atom. The highest BCUT2D eigenvalue weighted by atomic mass is 15.2. The molecule has 0 aliphatic carbocycles. The summed E-state index contributed by atoms with van der Waals surface area (Å²) >= 11 is 0. The van der Waals surface area contributed by atoms with Gasteiger partial charge in [-0.3, -0.25) is 0 Å². The molecule has 0 saturated heterocycles. The highest BCUT2D eigenvalue weighted by Crippen LogP contribution is 2.23. The zero-order valence-electron chi connectivity index (χ0n) is 14.0. The van der Waals surface area contributed by atoms with Crippen LogP contribution < -0.4 is 10.2 Å². The quantitative estimate of drug-likeness (QED) is 0.844. The molecule has 1 aliphatic heterocycles. The van der Waals surface area contributed by atoms with E-state index in [0.29, 0.717) is 12.0 Å². The van der Waals surface area contributed by atoms with Gasteiger partial charge in [0, 0.05) is 31.6 Å². The Morgan fingerprint density at radius 2 is 2.05 bits per heavy atom. The van der Waals surface area contributed by atoms with E-state index in [1.165, 1.54) is 11.3 Å². The average molecular weight is 288 g/mol. The van der Waals surface area contributed by atoms with Crippen molar-refractivity contribution in [1.82, 2.24) is 15.3 Å². The molecule has 21 heavy (non-hydrogen) atoms. The third-order valence-electron chi connectivity index (χ3n) is 3.84. The number of anilines is 1. The molecule has 1 aromatic heterocycles. The van der Waals surface area contributed by atoms with E-state index in [1.54, 1.807) is 0 Å². The fourth-order valence-corrected chi connectivity index (χ4v) is 2.39. The van der Waals surface area contributed by atoms with Crippen LogP contribution in [-0.2, 0) is 6.54 Å². The fourth-order valence-electron chi connectivity index (χ4n) is 2.39. The van der Waals surface area contributed by atoms with Gasteiger partial charge in [-0.2, -0.15) is 0 Å². The highest BCUT2D eigenvalue weighted by molar-refractivity contribution is 5.51. The topological polar surface area (TPSA) is 41.1 Å². The average Bonchev–Trinajstić information content (AvgIpc) is 2.45. The van der Waals surface area contributed by atoms with Crippen molar-refractivity contribution in [2.24, 2.45) is 0 Å². The van der Waals surface area contributed by atoms with Crippen molar-refractivity contribution >= 4 is 5.69 Å². The summed E-state index contributed by atoms with van der Waals surface area (Å²) in [5.41, 5.74) is 3.78. The molecule has 0 radical (unpaired) electrons. The Morgan fingerprint density at radius 1 is 1.29 bits per heavy atom. The lowest BCUT2D eigenvalue weighted by Crippen LogP contribution is -2.31. The number of rotatable bonds is 5. The van der Waals surface area contributed by atoms with E-state index in [-0.39, 0.29) is 0 Å². The number of hydrogen-bond acceptors (Lipinski definition) is 4. The van der Waals surface area contributed by atoms with E-state index in [2.05, 4.69) is 55.9 Å². The molecular weight excluding hydrogens is 260 g/mol. The van der Waals surface area contributed by atoms with Gasteiger partial charge in [-0.1, -0.05) is 39.3 Å². The second kappa shape index (κ2) is 7.03. The van der Waals surface area contributed by atoms with Crippen LogP contribution in [0.5, 0.6) is 0 Å². The van der Waals surface area contributed by atoms with Crippen LogP contribution in [-0.4, -0.2) is 29.1 Å². The number of nitrogens with zero attached hydrogens (tertiary/aromatic N) is 3. The summed E-state index contributed by atoms with van der Waals surface area (Å²) in [7, 11) is 0. The summed E-state index contributed by atoms with van der Waals surface area (Å²) in [5.74, 6) is 1.29. The van der Waals surface area contributed by atoms with Gasteiger partial charge in [-0.25, -0.2) is 9.97 Å². The van der Waals surface area contributed by atoms with Gasteiger partial charge in [-0.05, 0) is 13.3 Å². The van der Waals surface area contributed by atoms with Crippen LogP contribution in [0.2, 0.25) is 0 Å².